The Morgan fingerprint density at radius 2 is 1.91 bits per heavy atom. The molecule has 3 aromatic rings. The lowest BCUT2D eigenvalue weighted by atomic mass is 10.1. The summed E-state index contributed by atoms with van der Waals surface area (Å²) < 4.78 is 33.5. The fourth-order valence-electron chi connectivity index (χ4n) is 3.83. The van der Waals surface area contributed by atoms with Crippen molar-refractivity contribution in [3.05, 3.63) is 70.4 Å². The summed E-state index contributed by atoms with van der Waals surface area (Å²) in [6, 6.07) is 9.16. The molecular weight excluding hydrogens is 464 g/mol. The van der Waals surface area contributed by atoms with Gasteiger partial charge in [0, 0.05) is 35.8 Å². The Bertz CT molecular complexity index is 1210. The predicted octanol–water partition coefficient (Wildman–Crippen LogP) is 4.01. The van der Waals surface area contributed by atoms with E-state index in [-0.39, 0.29) is 34.8 Å². The van der Waals surface area contributed by atoms with E-state index in [1.165, 1.54) is 6.20 Å². The van der Waals surface area contributed by atoms with Gasteiger partial charge in [0.15, 0.2) is 0 Å². The third-order valence-corrected chi connectivity index (χ3v) is 6.25. The summed E-state index contributed by atoms with van der Waals surface area (Å²) in [5, 5.41) is -0.361. The molecule has 0 bridgehead atoms. The predicted molar refractivity (Wildman–Crippen MR) is 126 cm³/mol. The molecule has 34 heavy (non-hydrogen) atoms. The van der Waals surface area contributed by atoms with E-state index in [0.29, 0.717) is 36.0 Å². The first kappa shape index (κ1) is 23.8. The largest absolute Gasteiger partial charge is 0.471 e. The van der Waals surface area contributed by atoms with Crippen molar-refractivity contribution in [3.63, 3.8) is 0 Å². The summed E-state index contributed by atoms with van der Waals surface area (Å²) in [4.78, 5) is 25.3. The normalized spacial score (nSPS) is 15.7. The minimum Gasteiger partial charge on any atom is -0.471 e. The number of nitrogens with two attached hydrogens (primary N) is 1. The maximum atomic E-state index is 14.1. The smallest absolute Gasteiger partial charge is 0.253 e. The number of hydrogen-bond acceptors (Lipinski definition) is 6. The lowest BCUT2D eigenvalue weighted by Crippen LogP contribution is -2.34. The molecule has 1 atom stereocenters. The topological polar surface area (TPSA) is 84.6 Å². The average Bonchev–Trinajstić information content (AvgIpc) is 3.32. The van der Waals surface area contributed by atoms with Crippen LogP contribution in [0.25, 0.3) is 11.3 Å². The molecule has 178 valence electrons. The minimum atomic E-state index is -0.754. The highest BCUT2D eigenvalue weighted by Gasteiger charge is 2.28. The molecule has 0 radical (unpaired) electrons. The van der Waals surface area contributed by atoms with E-state index in [1.807, 2.05) is 19.0 Å². The molecule has 1 fully saturated rings. The summed E-state index contributed by atoms with van der Waals surface area (Å²) in [5.41, 5.74) is 7.14. The Morgan fingerprint density at radius 1 is 1.21 bits per heavy atom. The molecule has 0 spiro atoms. The van der Waals surface area contributed by atoms with Gasteiger partial charge in [-0.05, 0) is 44.8 Å². The summed E-state index contributed by atoms with van der Waals surface area (Å²) in [6.07, 6.45) is 2.30. The summed E-state index contributed by atoms with van der Waals surface area (Å²) in [5.74, 6) is -1.36. The van der Waals surface area contributed by atoms with Gasteiger partial charge in [0.1, 0.15) is 29.8 Å². The number of anilines is 1. The highest BCUT2D eigenvalue weighted by molar-refractivity contribution is 6.31. The first-order chi connectivity index (χ1) is 16.2. The second-order valence-electron chi connectivity index (χ2n) is 8.29. The molecule has 2 aromatic carbocycles. The van der Waals surface area contributed by atoms with Crippen LogP contribution in [0.2, 0.25) is 5.02 Å². The van der Waals surface area contributed by atoms with Gasteiger partial charge >= 0.3 is 0 Å². The Balaban J connectivity index is 1.54. The molecule has 1 aliphatic heterocycles. The number of hydrogen-bond donors (Lipinski definition) is 1. The molecule has 2 N–H and O–H groups in total. The van der Waals surface area contributed by atoms with Crippen LogP contribution in [0.1, 0.15) is 22.3 Å². The van der Waals surface area contributed by atoms with Gasteiger partial charge in [-0.25, -0.2) is 13.8 Å². The van der Waals surface area contributed by atoms with Crippen LogP contribution in [-0.4, -0.2) is 58.9 Å². The Labute approximate surface area is 201 Å². The van der Waals surface area contributed by atoms with Crippen LogP contribution in [-0.2, 0) is 6.61 Å². The number of carbonyl (C=O) groups is 1. The van der Waals surface area contributed by atoms with Crippen molar-refractivity contribution in [1.82, 2.24) is 19.8 Å². The number of likely N-dealkylation sites (N-methyl/N-ethyl adjacent to an activating group) is 1. The van der Waals surface area contributed by atoms with E-state index in [0.717, 1.165) is 18.6 Å². The fraction of sp³-hybridized carbons (Fsp3) is 0.292. The number of likely N-dealkylation sites (tertiary alicyclic amines) is 1. The van der Waals surface area contributed by atoms with Gasteiger partial charge in [0.25, 0.3) is 5.91 Å². The van der Waals surface area contributed by atoms with Gasteiger partial charge in [0.2, 0.25) is 5.88 Å². The van der Waals surface area contributed by atoms with Crippen molar-refractivity contribution in [3.8, 4) is 17.1 Å². The van der Waals surface area contributed by atoms with Crippen molar-refractivity contribution in [1.29, 1.82) is 0 Å². The second kappa shape index (κ2) is 9.90. The molecule has 10 heteroatoms. The zero-order chi connectivity index (χ0) is 24.4. The van der Waals surface area contributed by atoms with Crippen LogP contribution in [0.15, 0.2) is 42.6 Å². The van der Waals surface area contributed by atoms with Crippen LogP contribution in [0, 0.1) is 11.6 Å². The summed E-state index contributed by atoms with van der Waals surface area (Å²) >= 11 is 5.89. The number of carbonyl (C=O) groups excluding carboxylic acids is 1. The van der Waals surface area contributed by atoms with Crippen LogP contribution in [0.5, 0.6) is 5.88 Å². The van der Waals surface area contributed by atoms with Crippen LogP contribution < -0.4 is 10.5 Å². The Morgan fingerprint density at radius 3 is 2.59 bits per heavy atom. The molecule has 0 aliphatic carbocycles. The van der Waals surface area contributed by atoms with E-state index in [2.05, 4.69) is 14.9 Å². The van der Waals surface area contributed by atoms with Gasteiger partial charge < -0.3 is 20.3 Å². The highest BCUT2D eigenvalue weighted by atomic mass is 35.5. The Hall–Kier alpha value is -3.30. The quantitative estimate of drug-likeness (QED) is 0.529. The number of nitrogen functional groups attached to an aromatic ring is 1. The van der Waals surface area contributed by atoms with Crippen LogP contribution in [0.4, 0.5) is 14.6 Å². The number of amides is 1. The molecule has 0 unspecified atom stereocenters. The van der Waals surface area contributed by atoms with E-state index < -0.39 is 11.6 Å². The standard InChI is InChI=1S/C24H24ClF2N5O2/c1-31(2)16-9-10-32(12-16)24(33)15-5-3-14(4-6-15)22-23(30-20(28)11-29-22)34-13-17-18(26)7-8-19(27)21(17)25/h3-8,11,16H,9-10,12-13H2,1-2H3,(H2,28,30)/t16-/m0/s1. The molecular formula is C24H24ClF2N5O2. The second-order valence-corrected chi connectivity index (χ2v) is 8.67. The van der Waals surface area contributed by atoms with Crippen molar-refractivity contribution in [2.75, 3.05) is 32.9 Å². The molecule has 0 saturated carbocycles. The third kappa shape index (κ3) is 4.95. The average molecular weight is 488 g/mol. The molecule has 1 aromatic heterocycles. The van der Waals surface area contributed by atoms with E-state index in [9.17, 15) is 13.6 Å². The molecule has 1 amide bonds. The van der Waals surface area contributed by atoms with Gasteiger partial charge in [0.05, 0.1) is 11.2 Å². The number of benzene rings is 2. The lowest BCUT2D eigenvalue weighted by molar-refractivity contribution is 0.0783. The lowest BCUT2D eigenvalue weighted by Gasteiger charge is -2.20. The first-order valence-corrected chi connectivity index (χ1v) is 11.1. The van der Waals surface area contributed by atoms with Gasteiger partial charge in [-0.3, -0.25) is 4.79 Å². The maximum Gasteiger partial charge on any atom is 0.253 e. The van der Waals surface area contributed by atoms with Crippen molar-refractivity contribution < 1.29 is 18.3 Å². The maximum absolute atomic E-state index is 14.1. The van der Waals surface area contributed by atoms with E-state index >= 15 is 0 Å². The Kier molecular flexibility index (Phi) is 6.95. The number of aromatic nitrogens is 2. The third-order valence-electron chi connectivity index (χ3n) is 5.84. The monoisotopic (exact) mass is 487 g/mol. The molecule has 1 saturated heterocycles. The van der Waals surface area contributed by atoms with Crippen LogP contribution in [0.3, 0.4) is 0 Å². The number of halogens is 3. The number of rotatable bonds is 6. The minimum absolute atomic E-state index is 0.0344. The zero-order valence-electron chi connectivity index (χ0n) is 18.8. The fourth-order valence-corrected chi connectivity index (χ4v) is 4.03. The summed E-state index contributed by atoms with van der Waals surface area (Å²) in [6.45, 7) is 1.03. The molecule has 2 heterocycles. The number of nitrogens with zero attached hydrogens (tertiary/aromatic N) is 4. The van der Waals surface area contributed by atoms with E-state index in [1.54, 1.807) is 24.3 Å². The molecule has 1 aliphatic rings. The van der Waals surface area contributed by atoms with E-state index in [4.69, 9.17) is 22.1 Å². The van der Waals surface area contributed by atoms with Crippen LogP contribution >= 0.6 is 11.6 Å². The first-order valence-electron chi connectivity index (χ1n) is 10.7. The van der Waals surface area contributed by atoms with Crippen molar-refractivity contribution in [2.24, 2.45) is 0 Å². The van der Waals surface area contributed by atoms with Gasteiger partial charge in [-0.2, -0.15) is 4.98 Å². The van der Waals surface area contributed by atoms with Gasteiger partial charge in [-0.1, -0.05) is 23.7 Å². The number of ether oxygens (including phenoxy) is 1. The molecule has 4 rings (SSSR count). The van der Waals surface area contributed by atoms with Crippen molar-refractivity contribution in [2.45, 2.75) is 19.1 Å². The summed E-state index contributed by atoms with van der Waals surface area (Å²) in [7, 11) is 4.02. The SMILES string of the molecule is CN(C)[C@H]1CCN(C(=O)c2ccc(-c3ncc(N)nc3OCc3c(F)ccc(F)c3Cl)cc2)C1. The van der Waals surface area contributed by atoms with Crippen molar-refractivity contribution >= 4 is 23.3 Å². The van der Waals surface area contributed by atoms with Gasteiger partial charge in [-0.15, -0.1) is 0 Å². The zero-order valence-corrected chi connectivity index (χ0v) is 19.5. The molecule has 7 nitrogen and oxygen atoms in total. The highest BCUT2D eigenvalue weighted by Crippen LogP contribution is 2.30.